The molecule has 0 spiro atoms. The molecule has 0 bridgehead atoms. The van der Waals surface area contributed by atoms with Crippen LogP contribution in [0.4, 0.5) is 0 Å². The van der Waals surface area contributed by atoms with Gasteiger partial charge in [0.15, 0.2) is 5.82 Å². The second-order valence-electron chi connectivity index (χ2n) is 5.10. The summed E-state index contributed by atoms with van der Waals surface area (Å²) in [6.45, 7) is 2.00. The van der Waals surface area contributed by atoms with Crippen molar-refractivity contribution in [2.45, 2.75) is 18.8 Å². The molecule has 0 amide bonds. The molecule has 1 aliphatic rings. The van der Waals surface area contributed by atoms with Gasteiger partial charge in [0.1, 0.15) is 5.65 Å². The van der Waals surface area contributed by atoms with Crippen LogP contribution in [0.3, 0.4) is 0 Å². The van der Waals surface area contributed by atoms with Gasteiger partial charge < -0.3 is 14.8 Å². The van der Waals surface area contributed by atoms with Crippen molar-refractivity contribution in [1.82, 2.24) is 25.4 Å². The number of nitrogens with zero attached hydrogens (tertiary/aromatic N) is 3. The monoisotopic (exact) mass is 269 g/mol. The Balaban J connectivity index is 1.72. The average molecular weight is 269 g/mol. The highest BCUT2D eigenvalue weighted by Crippen LogP contribution is 2.28. The Bertz CT molecular complexity index is 726. The molecule has 1 saturated heterocycles. The zero-order chi connectivity index (χ0) is 13.4. The highest BCUT2D eigenvalue weighted by molar-refractivity contribution is 5.90. The van der Waals surface area contributed by atoms with Crippen LogP contribution in [0, 0.1) is 0 Å². The molecule has 20 heavy (non-hydrogen) atoms. The molecule has 0 saturated carbocycles. The van der Waals surface area contributed by atoms with Crippen molar-refractivity contribution in [2.24, 2.45) is 0 Å². The number of hydrogen-bond donors (Lipinski definition) is 2. The van der Waals surface area contributed by atoms with Crippen molar-refractivity contribution in [1.29, 1.82) is 0 Å². The number of hydrogen-bond acceptors (Lipinski definition) is 5. The first kappa shape index (κ1) is 11.6. The Morgan fingerprint density at radius 3 is 3.20 bits per heavy atom. The predicted molar refractivity (Wildman–Crippen MR) is 74.2 cm³/mol. The van der Waals surface area contributed by atoms with Crippen molar-refractivity contribution < 1.29 is 4.52 Å². The molecule has 2 N–H and O–H groups in total. The number of H-pyrrole nitrogens is 1. The van der Waals surface area contributed by atoms with Gasteiger partial charge in [0.2, 0.25) is 0 Å². The van der Waals surface area contributed by atoms with E-state index in [-0.39, 0.29) is 0 Å². The number of piperidine rings is 1. The lowest BCUT2D eigenvalue weighted by atomic mass is 9.99. The van der Waals surface area contributed by atoms with Crippen LogP contribution in [0.1, 0.15) is 24.6 Å². The third-order valence-electron chi connectivity index (χ3n) is 3.79. The van der Waals surface area contributed by atoms with E-state index in [9.17, 15) is 0 Å². The summed E-state index contributed by atoms with van der Waals surface area (Å²) < 4.78 is 5.45. The van der Waals surface area contributed by atoms with E-state index >= 15 is 0 Å². The molecule has 6 heteroatoms. The van der Waals surface area contributed by atoms with E-state index in [0.29, 0.717) is 11.8 Å². The van der Waals surface area contributed by atoms with E-state index in [0.717, 1.165) is 48.4 Å². The summed E-state index contributed by atoms with van der Waals surface area (Å²) in [5.74, 6) is 1.72. The van der Waals surface area contributed by atoms with Crippen LogP contribution in [-0.2, 0) is 0 Å². The van der Waals surface area contributed by atoms with E-state index < -0.39 is 0 Å². The second-order valence-corrected chi connectivity index (χ2v) is 5.10. The molecule has 0 radical (unpaired) electrons. The molecule has 4 rings (SSSR count). The summed E-state index contributed by atoms with van der Waals surface area (Å²) in [5, 5.41) is 8.53. The third kappa shape index (κ3) is 1.89. The van der Waals surface area contributed by atoms with Crippen LogP contribution in [-0.4, -0.2) is 33.2 Å². The molecule has 0 aliphatic carbocycles. The zero-order valence-corrected chi connectivity index (χ0v) is 11.0. The fraction of sp³-hybridized carbons (Fsp3) is 0.357. The van der Waals surface area contributed by atoms with Crippen LogP contribution in [0.15, 0.2) is 29.0 Å². The van der Waals surface area contributed by atoms with Crippen LogP contribution in [0.5, 0.6) is 0 Å². The molecule has 102 valence electrons. The zero-order valence-electron chi connectivity index (χ0n) is 11.0. The molecule has 1 atom stereocenters. The highest BCUT2D eigenvalue weighted by atomic mass is 16.5. The molecule has 3 aromatic heterocycles. The van der Waals surface area contributed by atoms with Crippen LogP contribution in [0.25, 0.3) is 22.5 Å². The first-order chi connectivity index (χ1) is 9.92. The highest BCUT2D eigenvalue weighted by Gasteiger charge is 2.21. The van der Waals surface area contributed by atoms with Gasteiger partial charge in [-0.05, 0) is 31.5 Å². The standard InChI is InChI=1S/C14H15N5O/c1-2-9(8-15-5-1)12-18-14(20-19-12)11-4-7-17-13-10(11)3-6-16-13/h3-4,6-7,9,15H,1-2,5,8H2,(H,16,17). The van der Waals surface area contributed by atoms with E-state index in [1.54, 1.807) is 6.20 Å². The van der Waals surface area contributed by atoms with E-state index in [4.69, 9.17) is 4.52 Å². The summed E-state index contributed by atoms with van der Waals surface area (Å²) in [6, 6.07) is 3.89. The minimum Gasteiger partial charge on any atom is -0.346 e. The van der Waals surface area contributed by atoms with Crippen LogP contribution >= 0.6 is 0 Å². The van der Waals surface area contributed by atoms with Gasteiger partial charge in [-0.3, -0.25) is 0 Å². The van der Waals surface area contributed by atoms with Crippen molar-refractivity contribution in [3.63, 3.8) is 0 Å². The molecule has 1 fully saturated rings. The number of rotatable bonds is 2. The molecule has 0 aromatic carbocycles. The van der Waals surface area contributed by atoms with Gasteiger partial charge in [0.25, 0.3) is 5.89 Å². The normalized spacial score (nSPS) is 19.5. The van der Waals surface area contributed by atoms with Crippen LogP contribution in [0.2, 0.25) is 0 Å². The smallest absolute Gasteiger partial charge is 0.258 e. The molecule has 4 heterocycles. The van der Waals surface area contributed by atoms with E-state index in [2.05, 4.69) is 25.4 Å². The average Bonchev–Trinajstić information content (AvgIpc) is 3.17. The van der Waals surface area contributed by atoms with Gasteiger partial charge >= 0.3 is 0 Å². The van der Waals surface area contributed by atoms with E-state index in [1.165, 1.54) is 0 Å². The Labute approximate surface area is 115 Å². The lowest BCUT2D eigenvalue weighted by Gasteiger charge is -2.19. The number of aromatic nitrogens is 4. The minimum atomic E-state index is 0.352. The third-order valence-corrected chi connectivity index (χ3v) is 3.79. The summed E-state index contributed by atoms with van der Waals surface area (Å²) in [7, 11) is 0. The number of fused-ring (bicyclic) bond motifs is 1. The molecule has 1 aliphatic heterocycles. The lowest BCUT2D eigenvalue weighted by molar-refractivity contribution is 0.393. The van der Waals surface area contributed by atoms with Crippen molar-refractivity contribution in [3.05, 3.63) is 30.4 Å². The van der Waals surface area contributed by atoms with E-state index in [1.807, 2.05) is 18.3 Å². The maximum Gasteiger partial charge on any atom is 0.258 e. The Morgan fingerprint density at radius 1 is 1.30 bits per heavy atom. The first-order valence-corrected chi connectivity index (χ1v) is 6.88. The molecule has 3 aromatic rings. The van der Waals surface area contributed by atoms with Gasteiger partial charge in [-0.2, -0.15) is 4.98 Å². The summed E-state index contributed by atoms with van der Waals surface area (Å²) in [6.07, 6.45) is 5.89. The fourth-order valence-corrected chi connectivity index (χ4v) is 2.73. The minimum absolute atomic E-state index is 0.352. The Hall–Kier alpha value is -2.21. The molecule has 6 nitrogen and oxygen atoms in total. The largest absolute Gasteiger partial charge is 0.346 e. The van der Waals surface area contributed by atoms with Crippen LogP contribution < -0.4 is 5.32 Å². The number of aromatic amines is 1. The van der Waals surface area contributed by atoms with Gasteiger partial charge in [0, 0.05) is 30.2 Å². The SMILES string of the molecule is c1cc(-c2nc(C3CCCNC3)no2)c2cc[nH]c2n1. The van der Waals surface area contributed by atoms with Gasteiger partial charge in [-0.25, -0.2) is 4.98 Å². The lowest BCUT2D eigenvalue weighted by Crippen LogP contribution is -2.28. The first-order valence-electron chi connectivity index (χ1n) is 6.88. The fourth-order valence-electron chi connectivity index (χ4n) is 2.73. The Morgan fingerprint density at radius 2 is 2.30 bits per heavy atom. The summed E-state index contributed by atoms with van der Waals surface area (Å²) in [4.78, 5) is 11.9. The summed E-state index contributed by atoms with van der Waals surface area (Å²) in [5.41, 5.74) is 1.76. The topological polar surface area (TPSA) is 79.6 Å². The molecular weight excluding hydrogens is 254 g/mol. The Kier molecular flexibility index (Phi) is 2.74. The number of nitrogens with one attached hydrogen (secondary N) is 2. The van der Waals surface area contributed by atoms with Gasteiger partial charge in [-0.15, -0.1) is 0 Å². The van der Waals surface area contributed by atoms with Crippen molar-refractivity contribution >= 4 is 11.0 Å². The molecular formula is C14H15N5O. The predicted octanol–water partition coefficient (Wildman–Crippen LogP) is 2.08. The quantitative estimate of drug-likeness (QED) is 0.744. The second kappa shape index (κ2) is 4.72. The summed E-state index contributed by atoms with van der Waals surface area (Å²) >= 11 is 0. The van der Waals surface area contributed by atoms with Gasteiger partial charge in [0.05, 0.1) is 5.56 Å². The molecule has 1 unspecified atom stereocenters. The maximum atomic E-state index is 5.45. The van der Waals surface area contributed by atoms with Crippen molar-refractivity contribution in [2.75, 3.05) is 13.1 Å². The van der Waals surface area contributed by atoms with Crippen molar-refractivity contribution in [3.8, 4) is 11.5 Å². The maximum absolute atomic E-state index is 5.45. The number of pyridine rings is 1. The van der Waals surface area contributed by atoms with Gasteiger partial charge in [-0.1, -0.05) is 5.16 Å².